The van der Waals surface area contributed by atoms with E-state index in [0.29, 0.717) is 22.7 Å². The molecule has 0 fully saturated rings. The van der Waals surface area contributed by atoms with Crippen LogP contribution in [0, 0.1) is 0 Å². The Kier molecular flexibility index (Phi) is 5.49. The van der Waals surface area contributed by atoms with Crippen LogP contribution in [0.3, 0.4) is 0 Å². The molecule has 5 aromatic rings. The van der Waals surface area contributed by atoms with Crippen LogP contribution in [-0.2, 0) is 29.0 Å². The number of benzene rings is 2. The van der Waals surface area contributed by atoms with Crippen molar-refractivity contribution in [2.24, 2.45) is 0 Å². The lowest BCUT2D eigenvalue weighted by Gasteiger charge is -2.11. The summed E-state index contributed by atoms with van der Waals surface area (Å²) in [5, 5.41) is 12.6. The summed E-state index contributed by atoms with van der Waals surface area (Å²) in [7, 11) is 0. The Morgan fingerprint density at radius 1 is 1.06 bits per heavy atom. The predicted molar refractivity (Wildman–Crippen MR) is 130 cm³/mol. The molecule has 0 spiro atoms. The zero-order chi connectivity index (χ0) is 24.5. The summed E-state index contributed by atoms with van der Waals surface area (Å²) >= 11 is 0. The zero-order valence-electron chi connectivity index (χ0n) is 19.1. The van der Waals surface area contributed by atoms with E-state index >= 15 is 0 Å². The van der Waals surface area contributed by atoms with Gasteiger partial charge in [-0.15, -0.1) is 5.10 Å². The van der Waals surface area contributed by atoms with Crippen LogP contribution in [0.4, 0.5) is 0 Å². The van der Waals surface area contributed by atoms with E-state index in [0.717, 1.165) is 30.2 Å². The van der Waals surface area contributed by atoms with Gasteiger partial charge in [-0.05, 0) is 65.1 Å². The van der Waals surface area contributed by atoms with Gasteiger partial charge in [0, 0.05) is 28.7 Å². The lowest BCUT2D eigenvalue weighted by molar-refractivity contribution is -0.138. The maximum Gasteiger partial charge on any atom is 0.357 e. The molecular formula is C27H20N4O5. The smallest absolute Gasteiger partial charge is 0.357 e. The highest BCUT2D eigenvalue weighted by atomic mass is 16.5. The molecule has 0 saturated heterocycles. The van der Waals surface area contributed by atoms with E-state index in [1.165, 1.54) is 34.2 Å². The first kappa shape index (κ1) is 21.7. The fourth-order valence-electron chi connectivity index (χ4n) is 4.46. The van der Waals surface area contributed by atoms with Crippen molar-refractivity contribution in [1.29, 1.82) is 0 Å². The Hall–Kier alpha value is -4.79. The molecule has 36 heavy (non-hydrogen) atoms. The summed E-state index contributed by atoms with van der Waals surface area (Å²) in [5.41, 5.74) is 3.76. The lowest BCUT2D eigenvalue weighted by Crippen LogP contribution is -2.15. The van der Waals surface area contributed by atoms with Gasteiger partial charge in [0.25, 0.3) is 0 Å². The molecule has 0 N–H and O–H groups in total. The SMILES string of the molecule is O=C(OCc1cc(=O)oc2cc3c(cc12)CCC3)C(=Cc1ccco1)n1nnnc1-c1ccccc1. The molecule has 0 amide bonds. The lowest BCUT2D eigenvalue weighted by atomic mass is 10.0. The van der Waals surface area contributed by atoms with Crippen molar-refractivity contribution in [1.82, 2.24) is 20.2 Å². The molecule has 178 valence electrons. The number of hydrogen-bond acceptors (Lipinski definition) is 8. The van der Waals surface area contributed by atoms with Gasteiger partial charge in [-0.3, -0.25) is 0 Å². The fourth-order valence-corrected chi connectivity index (χ4v) is 4.46. The molecule has 3 aromatic heterocycles. The molecule has 6 rings (SSSR count). The number of hydrogen-bond donors (Lipinski definition) is 0. The third kappa shape index (κ3) is 4.11. The number of carbonyl (C=O) groups is 1. The van der Waals surface area contributed by atoms with E-state index in [2.05, 4.69) is 15.5 Å². The number of carbonyl (C=O) groups excluding carboxylic acids is 1. The minimum Gasteiger partial charge on any atom is -0.465 e. The molecule has 0 unspecified atom stereocenters. The van der Waals surface area contributed by atoms with E-state index in [-0.39, 0.29) is 12.3 Å². The first-order valence-corrected chi connectivity index (χ1v) is 11.5. The van der Waals surface area contributed by atoms with Crippen LogP contribution >= 0.6 is 0 Å². The van der Waals surface area contributed by atoms with Gasteiger partial charge in [-0.2, -0.15) is 4.68 Å². The molecule has 0 atom stereocenters. The number of fused-ring (bicyclic) bond motifs is 2. The number of nitrogens with zero attached hydrogens (tertiary/aromatic N) is 4. The highest BCUT2D eigenvalue weighted by molar-refractivity contribution is 6.15. The maximum atomic E-state index is 13.4. The van der Waals surface area contributed by atoms with Crippen LogP contribution in [0.25, 0.3) is 34.1 Å². The van der Waals surface area contributed by atoms with Crippen LogP contribution in [0.1, 0.15) is 28.9 Å². The maximum absolute atomic E-state index is 13.4. The summed E-state index contributed by atoms with van der Waals surface area (Å²) in [5.74, 6) is 0.114. The highest BCUT2D eigenvalue weighted by Crippen LogP contribution is 2.29. The molecule has 1 aliphatic rings. The fraction of sp³-hybridized carbons (Fsp3) is 0.148. The van der Waals surface area contributed by atoms with Gasteiger partial charge in [0.2, 0.25) is 0 Å². The van der Waals surface area contributed by atoms with E-state index in [9.17, 15) is 9.59 Å². The molecule has 0 radical (unpaired) electrons. The molecule has 0 bridgehead atoms. The monoisotopic (exact) mass is 480 g/mol. The summed E-state index contributed by atoms with van der Waals surface area (Å²) in [6.45, 7) is -0.127. The van der Waals surface area contributed by atoms with Crippen LogP contribution < -0.4 is 5.63 Å². The zero-order valence-corrected chi connectivity index (χ0v) is 19.1. The molecule has 1 aliphatic carbocycles. The Bertz CT molecular complexity index is 1650. The minimum absolute atomic E-state index is 0.0574. The van der Waals surface area contributed by atoms with Crippen molar-refractivity contribution in [3.8, 4) is 11.4 Å². The first-order valence-electron chi connectivity index (χ1n) is 11.5. The Balaban J connectivity index is 1.35. The third-order valence-electron chi connectivity index (χ3n) is 6.16. The number of rotatable bonds is 6. The Morgan fingerprint density at radius 3 is 2.69 bits per heavy atom. The number of furan rings is 1. The average Bonchev–Trinajstić information content (AvgIpc) is 3.67. The van der Waals surface area contributed by atoms with Gasteiger partial charge in [0.05, 0.1) is 6.26 Å². The summed E-state index contributed by atoms with van der Waals surface area (Å²) in [6, 6.07) is 18.0. The van der Waals surface area contributed by atoms with E-state index in [1.807, 2.05) is 42.5 Å². The van der Waals surface area contributed by atoms with Crippen molar-refractivity contribution in [3.63, 3.8) is 0 Å². The number of aryl methyl sites for hydroxylation is 2. The number of tetrazole rings is 1. The summed E-state index contributed by atoms with van der Waals surface area (Å²) in [6.07, 6.45) is 6.01. The molecular weight excluding hydrogens is 460 g/mol. The van der Waals surface area contributed by atoms with Crippen LogP contribution in [0.2, 0.25) is 0 Å². The molecule has 0 saturated carbocycles. The second-order valence-electron chi connectivity index (χ2n) is 8.46. The second-order valence-corrected chi connectivity index (χ2v) is 8.46. The number of esters is 1. The Morgan fingerprint density at radius 2 is 1.89 bits per heavy atom. The van der Waals surface area contributed by atoms with Crippen molar-refractivity contribution >= 4 is 28.7 Å². The number of aromatic nitrogens is 4. The predicted octanol–water partition coefficient (Wildman–Crippen LogP) is 4.27. The van der Waals surface area contributed by atoms with E-state index in [4.69, 9.17) is 13.6 Å². The molecule has 0 aliphatic heterocycles. The first-order chi connectivity index (χ1) is 17.7. The largest absolute Gasteiger partial charge is 0.465 e. The van der Waals surface area contributed by atoms with Crippen LogP contribution in [0.15, 0.2) is 80.6 Å². The van der Waals surface area contributed by atoms with E-state index < -0.39 is 11.6 Å². The van der Waals surface area contributed by atoms with Crippen molar-refractivity contribution in [2.45, 2.75) is 25.9 Å². The van der Waals surface area contributed by atoms with Gasteiger partial charge >= 0.3 is 11.6 Å². The standard InChI is InChI=1S/C27H20N4O5/c32-25-14-20(22-12-18-8-4-9-19(18)13-24(22)36-25)16-35-27(33)23(15-21-10-5-11-34-21)31-26(28-29-30-31)17-6-2-1-3-7-17/h1-3,5-7,10-15H,4,8-9,16H2. The van der Waals surface area contributed by atoms with Gasteiger partial charge in [0.1, 0.15) is 18.0 Å². The highest BCUT2D eigenvalue weighted by Gasteiger charge is 2.22. The third-order valence-corrected chi connectivity index (χ3v) is 6.16. The number of ether oxygens (including phenoxy) is 1. The molecule has 9 nitrogen and oxygen atoms in total. The Labute approximate surface area is 204 Å². The van der Waals surface area contributed by atoms with Crippen molar-refractivity contribution in [3.05, 3.63) is 99.8 Å². The average molecular weight is 480 g/mol. The van der Waals surface area contributed by atoms with Crippen LogP contribution in [-0.4, -0.2) is 26.2 Å². The normalized spacial score (nSPS) is 13.2. The van der Waals surface area contributed by atoms with E-state index in [1.54, 1.807) is 12.1 Å². The molecule has 9 heteroatoms. The van der Waals surface area contributed by atoms with Gasteiger partial charge in [-0.25, -0.2) is 9.59 Å². The van der Waals surface area contributed by atoms with Gasteiger partial charge in [-0.1, -0.05) is 30.3 Å². The summed E-state index contributed by atoms with van der Waals surface area (Å²) < 4.78 is 17.8. The van der Waals surface area contributed by atoms with Crippen molar-refractivity contribution in [2.75, 3.05) is 0 Å². The van der Waals surface area contributed by atoms with Gasteiger partial charge < -0.3 is 13.6 Å². The minimum atomic E-state index is -0.682. The topological polar surface area (TPSA) is 113 Å². The summed E-state index contributed by atoms with van der Waals surface area (Å²) in [4.78, 5) is 25.6. The van der Waals surface area contributed by atoms with Crippen molar-refractivity contribution < 1.29 is 18.4 Å². The van der Waals surface area contributed by atoms with Gasteiger partial charge in [0.15, 0.2) is 11.5 Å². The van der Waals surface area contributed by atoms with Crippen LogP contribution in [0.5, 0.6) is 0 Å². The second kappa shape index (κ2) is 9.10. The molecule has 2 aromatic carbocycles. The molecule has 3 heterocycles. The quantitative estimate of drug-likeness (QED) is 0.201.